The van der Waals surface area contributed by atoms with E-state index in [1.165, 1.54) is 0 Å². The maximum absolute atomic E-state index is 13.2. The van der Waals surface area contributed by atoms with Gasteiger partial charge in [-0.15, -0.1) is 0 Å². The number of hydrogen-bond donors (Lipinski definition) is 2. The van der Waals surface area contributed by atoms with Gasteiger partial charge in [-0.2, -0.15) is 0 Å². The van der Waals surface area contributed by atoms with Crippen LogP contribution in [0.25, 0.3) is 0 Å². The van der Waals surface area contributed by atoms with E-state index in [4.69, 9.17) is 9.47 Å². The minimum absolute atomic E-state index is 0. The maximum atomic E-state index is 13.2. The van der Waals surface area contributed by atoms with Gasteiger partial charge in [0.1, 0.15) is 0 Å². The van der Waals surface area contributed by atoms with Crippen LogP contribution in [0.15, 0.2) is 48.5 Å². The van der Waals surface area contributed by atoms with E-state index >= 15 is 0 Å². The van der Waals surface area contributed by atoms with Crippen molar-refractivity contribution in [2.45, 2.75) is 20.5 Å². The van der Waals surface area contributed by atoms with Gasteiger partial charge in [0.2, 0.25) is 0 Å². The van der Waals surface area contributed by atoms with E-state index in [9.17, 15) is 15.0 Å². The van der Waals surface area contributed by atoms with Gasteiger partial charge >= 0.3 is 226 Å². The molecule has 7 rings (SSSR count). The Morgan fingerprint density at radius 3 is 1.70 bits per heavy atom. The molecule has 0 bridgehead atoms. The average molecular weight is 697 g/mol. The van der Waals surface area contributed by atoms with Gasteiger partial charge in [0.05, 0.1) is 0 Å². The van der Waals surface area contributed by atoms with Gasteiger partial charge in [0, 0.05) is 0 Å². The van der Waals surface area contributed by atoms with Crippen LogP contribution < -0.4 is 13.4 Å². The minimum atomic E-state index is -1.70. The first-order valence-corrected chi connectivity index (χ1v) is 25.8. The summed E-state index contributed by atoms with van der Waals surface area (Å²) in [5.41, 5.74) is 1.66. The average Bonchev–Trinajstić information content (AvgIpc) is 3.62. The molecule has 11 heteroatoms. The normalized spacial score (nSPS) is 19.3. The molecule has 0 unspecified atom stereocenters. The van der Waals surface area contributed by atoms with Crippen LogP contribution in [-0.4, -0.2) is 63.9 Å². The Morgan fingerprint density at radius 2 is 1.19 bits per heavy atom. The number of ether oxygens (including phenoxy) is 2. The fourth-order valence-corrected chi connectivity index (χ4v) is 34.6. The third-order valence-corrected chi connectivity index (χ3v) is 33.5. The topological polar surface area (TPSA) is 76.0 Å². The summed E-state index contributed by atoms with van der Waals surface area (Å²) >= 11 is -3.40. The molecule has 0 atom stereocenters. The van der Waals surface area contributed by atoms with E-state index in [2.05, 4.69) is 0 Å². The molecule has 0 radical (unpaired) electrons. The number of esters is 1. The molecule has 2 N–H and O–H groups in total. The van der Waals surface area contributed by atoms with Gasteiger partial charge < -0.3 is 0 Å². The van der Waals surface area contributed by atoms with Gasteiger partial charge in [0.15, 0.2) is 0 Å². The zero-order valence-electron chi connectivity index (χ0n) is 18.1. The van der Waals surface area contributed by atoms with Crippen molar-refractivity contribution >= 4 is 79.4 Å². The monoisotopic (exact) mass is 696 g/mol. The Bertz CT molecular complexity index is 1320. The van der Waals surface area contributed by atoms with Gasteiger partial charge in [-0.25, -0.2) is 0 Å². The fraction of sp³-hybridized carbons (Fsp3) is 0.269. The molecule has 4 aliphatic rings. The van der Waals surface area contributed by atoms with Crippen molar-refractivity contribution in [3.63, 3.8) is 0 Å². The third-order valence-electron chi connectivity index (χ3n) is 6.32. The summed E-state index contributed by atoms with van der Waals surface area (Å²) in [6.45, 7) is 0. The predicted molar refractivity (Wildman–Crippen MR) is 162 cm³/mol. The second-order valence-electron chi connectivity index (χ2n) is 8.19. The van der Waals surface area contributed by atoms with E-state index in [1.54, 1.807) is 18.2 Å². The van der Waals surface area contributed by atoms with E-state index in [-0.39, 0.29) is 32.3 Å². The SMILES string of the molecule is C.C.O=C1OC2(c3ccccc31)c1ccc(O)c([As]3SCCS3)c1Oc1c2ccc(O)c1[As]1SCCS1. The summed E-state index contributed by atoms with van der Waals surface area (Å²) in [6.07, 6.45) is 0. The Hall–Kier alpha value is -0.953. The van der Waals surface area contributed by atoms with Crippen LogP contribution in [0.2, 0.25) is 0 Å². The molecule has 2 fully saturated rings. The molecule has 0 aromatic heterocycles. The molecule has 4 aliphatic heterocycles. The van der Waals surface area contributed by atoms with Crippen LogP contribution in [0.5, 0.6) is 23.0 Å². The van der Waals surface area contributed by atoms with Crippen LogP contribution >= 0.6 is 40.1 Å². The van der Waals surface area contributed by atoms with Crippen molar-refractivity contribution in [2.24, 2.45) is 0 Å². The van der Waals surface area contributed by atoms with Crippen molar-refractivity contribution in [1.29, 1.82) is 0 Å². The number of benzene rings is 3. The quantitative estimate of drug-likeness (QED) is 0.275. The Balaban J connectivity index is 0.00000140. The number of aromatic hydroxyl groups is 2. The van der Waals surface area contributed by atoms with Gasteiger partial charge in [-0.05, 0) is 0 Å². The molecular weight excluding hydrogens is 670 g/mol. The molecule has 0 amide bonds. The van der Waals surface area contributed by atoms with Gasteiger partial charge in [0.25, 0.3) is 0 Å². The second kappa shape index (κ2) is 10.6. The zero-order valence-corrected chi connectivity index (χ0v) is 25.1. The fourth-order valence-electron chi connectivity index (χ4n) is 4.91. The van der Waals surface area contributed by atoms with Gasteiger partial charge in [-0.3, -0.25) is 0 Å². The van der Waals surface area contributed by atoms with Crippen molar-refractivity contribution < 1.29 is 24.5 Å². The van der Waals surface area contributed by atoms with E-state index in [0.717, 1.165) is 48.4 Å². The summed E-state index contributed by atoms with van der Waals surface area (Å²) in [6, 6.07) is 14.7. The first-order chi connectivity index (χ1) is 17.1. The van der Waals surface area contributed by atoms with Crippen molar-refractivity contribution in [1.82, 2.24) is 0 Å². The molecule has 5 nitrogen and oxygen atoms in total. The van der Waals surface area contributed by atoms with Crippen molar-refractivity contribution in [3.8, 4) is 23.0 Å². The summed E-state index contributed by atoms with van der Waals surface area (Å²) < 4.78 is 14.9. The number of phenolic OH excluding ortho intramolecular Hbond substituents is 2. The van der Waals surface area contributed by atoms with Crippen LogP contribution in [0.1, 0.15) is 41.9 Å². The molecule has 37 heavy (non-hydrogen) atoms. The molecule has 1 spiro atoms. The first kappa shape index (κ1) is 27.6. The molecule has 2 saturated heterocycles. The molecule has 3 aromatic rings. The Kier molecular flexibility index (Phi) is 7.87. The Labute approximate surface area is 239 Å². The molecule has 3 aromatic carbocycles. The van der Waals surface area contributed by atoms with E-state index in [1.807, 2.05) is 70.4 Å². The molecule has 0 saturated carbocycles. The standard InChI is InChI=1S/C24H18As2O5S4.2CH4/c27-17-7-5-15-21(19(17)25-32-9-10-33-25)30-22-16(6-8-18(28)20(22)26-34-11-12-35-26)24(15)14-4-2-1-3-13(14)23(29)31-24;;/h1-8,27-28H,9-12H2;2*1H4. The predicted octanol–water partition coefficient (Wildman–Crippen LogP) is 5.29. The Morgan fingerprint density at radius 1 is 0.703 bits per heavy atom. The van der Waals surface area contributed by atoms with Crippen LogP contribution in [0.4, 0.5) is 0 Å². The number of hydrogen-bond acceptors (Lipinski definition) is 9. The summed E-state index contributed by atoms with van der Waals surface area (Å²) in [7, 11) is 7.70. The number of fused-ring (bicyclic) bond motifs is 6. The molecule has 4 heterocycles. The van der Waals surface area contributed by atoms with Crippen LogP contribution in [0, 0.1) is 0 Å². The summed E-state index contributed by atoms with van der Waals surface area (Å²) in [4.78, 5) is 13.2. The number of rotatable bonds is 2. The number of phenols is 2. The van der Waals surface area contributed by atoms with Crippen LogP contribution in [-0.2, 0) is 10.3 Å². The summed E-state index contributed by atoms with van der Waals surface area (Å²) in [5.74, 6) is 5.57. The van der Waals surface area contributed by atoms with Gasteiger partial charge in [-0.1, -0.05) is 14.9 Å². The molecule has 0 aliphatic carbocycles. The van der Waals surface area contributed by atoms with E-state index in [0.29, 0.717) is 17.1 Å². The van der Waals surface area contributed by atoms with Crippen LogP contribution in [0.3, 0.4) is 0 Å². The number of carbonyl (C=O) groups is 1. The van der Waals surface area contributed by atoms with E-state index < -0.39 is 30.3 Å². The first-order valence-electron chi connectivity index (χ1n) is 10.9. The molecular formula is C26H26As2O5S4. The molecule has 194 valence electrons. The summed E-state index contributed by atoms with van der Waals surface area (Å²) in [5, 5.41) is 22.1. The van der Waals surface area contributed by atoms with Crippen molar-refractivity contribution in [2.75, 3.05) is 23.0 Å². The third kappa shape index (κ3) is 4.06. The second-order valence-corrected chi connectivity index (χ2v) is 31.4. The zero-order chi connectivity index (χ0) is 23.7. The van der Waals surface area contributed by atoms with Crippen molar-refractivity contribution in [3.05, 3.63) is 70.8 Å². The number of carbonyl (C=O) groups excluding carboxylic acids is 1.